The molecule has 0 aliphatic carbocycles. The Bertz CT molecular complexity index is 1250. The van der Waals surface area contributed by atoms with E-state index in [1.54, 1.807) is 54.6 Å². The van der Waals surface area contributed by atoms with E-state index in [0.717, 1.165) is 4.31 Å². The Morgan fingerprint density at radius 3 is 2.24 bits per heavy atom. The number of halogens is 1. The van der Waals surface area contributed by atoms with Crippen molar-refractivity contribution in [1.29, 1.82) is 0 Å². The Kier molecular flexibility index (Phi) is 7.87. The molecule has 0 spiro atoms. The van der Waals surface area contributed by atoms with Crippen molar-refractivity contribution in [2.45, 2.75) is 4.90 Å². The predicted octanol–water partition coefficient (Wildman–Crippen LogP) is 4.09. The van der Waals surface area contributed by atoms with E-state index in [2.05, 4.69) is 17.2 Å². The van der Waals surface area contributed by atoms with Crippen LogP contribution in [0.4, 0.5) is 11.4 Å². The zero-order valence-corrected chi connectivity index (χ0v) is 19.1. The summed E-state index contributed by atoms with van der Waals surface area (Å²) in [6.45, 7) is 3.31. The average Bonchev–Trinajstić information content (AvgIpc) is 2.82. The summed E-state index contributed by atoms with van der Waals surface area (Å²) in [7, 11) is -4.05. The number of sulfonamides is 1. The Hall–Kier alpha value is -3.62. The maximum Gasteiger partial charge on any atom is 0.264 e. The van der Waals surface area contributed by atoms with E-state index in [1.165, 1.54) is 30.3 Å². The van der Waals surface area contributed by atoms with E-state index < -0.39 is 28.4 Å². The quantitative estimate of drug-likeness (QED) is 0.448. The number of carbonyl (C=O) groups excluding carboxylic acids is 2. The van der Waals surface area contributed by atoms with Gasteiger partial charge in [-0.2, -0.15) is 0 Å². The molecule has 3 aromatic carbocycles. The van der Waals surface area contributed by atoms with Crippen molar-refractivity contribution in [2.75, 3.05) is 22.7 Å². The summed E-state index contributed by atoms with van der Waals surface area (Å²) in [5, 5.41) is 5.73. The minimum absolute atomic E-state index is 0.0388. The van der Waals surface area contributed by atoms with Gasteiger partial charge in [-0.05, 0) is 48.5 Å². The highest BCUT2D eigenvalue weighted by Crippen LogP contribution is 2.25. The van der Waals surface area contributed by atoms with Crippen molar-refractivity contribution in [3.63, 3.8) is 0 Å². The van der Waals surface area contributed by atoms with E-state index in [-0.39, 0.29) is 28.4 Å². The van der Waals surface area contributed by atoms with Gasteiger partial charge in [-0.25, -0.2) is 8.42 Å². The molecule has 2 N–H and O–H groups in total. The van der Waals surface area contributed by atoms with Gasteiger partial charge in [-0.15, -0.1) is 6.58 Å². The van der Waals surface area contributed by atoms with Gasteiger partial charge in [0.1, 0.15) is 6.54 Å². The van der Waals surface area contributed by atoms with Gasteiger partial charge < -0.3 is 10.6 Å². The molecular formula is C24H22ClN3O4S. The first-order valence-electron chi connectivity index (χ1n) is 9.94. The minimum Gasteiger partial charge on any atom is -0.349 e. The summed E-state index contributed by atoms with van der Waals surface area (Å²) >= 11 is 5.95. The lowest BCUT2D eigenvalue weighted by atomic mass is 10.1. The molecule has 0 aromatic heterocycles. The number of nitrogens with one attached hydrogen (secondary N) is 2. The highest BCUT2D eigenvalue weighted by molar-refractivity contribution is 7.92. The van der Waals surface area contributed by atoms with Gasteiger partial charge in [-0.3, -0.25) is 13.9 Å². The van der Waals surface area contributed by atoms with Crippen LogP contribution in [0.15, 0.2) is 96.4 Å². The molecule has 3 rings (SSSR count). The van der Waals surface area contributed by atoms with Crippen LogP contribution in [0.1, 0.15) is 10.4 Å². The van der Waals surface area contributed by atoms with Gasteiger partial charge in [-0.1, -0.05) is 48.0 Å². The number of para-hydroxylation sites is 1. The fourth-order valence-corrected chi connectivity index (χ4v) is 4.58. The molecule has 0 heterocycles. The van der Waals surface area contributed by atoms with Crippen LogP contribution in [0, 0.1) is 0 Å². The number of anilines is 2. The average molecular weight is 484 g/mol. The van der Waals surface area contributed by atoms with Crippen LogP contribution in [0.2, 0.25) is 5.02 Å². The Morgan fingerprint density at radius 2 is 1.58 bits per heavy atom. The third kappa shape index (κ3) is 6.00. The molecule has 0 radical (unpaired) electrons. The Balaban J connectivity index is 1.90. The Labute approximate surface area is 197 Å². The van der Waals surface area contributed by atoms with Crippen LogP contribution >= 0.6 is 11.6 Å². The SMILES string of the molecule is C=CCNC(=O)c1ccccc1NC(=O)CN(c1ccc(Cl)cc1)S(=O)(=O)c1ccccc1. The zero-order chi connectivity index (χ0) is 23.8. The van der Waals surface area contributed by atoms with Crippen LogP contribution in [0.5, 0.6) is 0 Å². The number of carbonyl (C=O) groups is 2. The van der Waals surface area contributed by atoms with Gasteiger partial charge in [0, 0.05) is 11.6 Å². The minimum atomic E-state index is -4.05. The second kappa shape index (κ2) is 10.8. The molecule has 9 heteroatoms. The van der Waals surface area contributed by atoms with Crippen LogP contribution in [0.3, 0.4) is 0 Å². The van der Waals surface area contributed by atoms with Gasteiger partial charge in [0.25, 0.3) is 15.9 Å². The van der Waals surface area contributed by atoms with Crippen molar-refractivity contribution in [3.8, 4) is 0 Å². The summed E-state index contributed by atoms with van der Waals surface area (Å²) in [6.07, 6.45) is 1.54. The summed E-state index contributed by atoms with van der Waals surface area (Å²) in [6, 6.07) is 20.4. The molecule has 0 saturated carbocycles. The van der Waals surface area contributed by atoms with E-state index in [0.29, 0.717) is 5.02 Å². The number of benzene rings is 3. The molecule has 0 saturated heterocycles. The van der Waals surface area contributed by atoms with Crippen molar-refractivity contribution in [3.05, 3.63) is 102 Å². The summed E-state index contributed by atoms with van der Waals surface area (Å²) in [5.41, 5.74) is 0.782. The first-order valence-corrected chi connectivity index (χ1v) is 11.8. The van der Waals surface area contributed by atoms with E-state index >= 15 is 0 Å². The number of rotatable bonds is 9. The molecule has 2 amide bonds. The van der Waals surface area contributed by atoms with Crippen molar-refractivity contribution in [2.24, 2.45) is 0 Å². The van der Waals surface area contributed by atoms with E-state index in [9.17, 15) is 18.0 Å². The summed E-state index contributed by atoms with van der Waals surface area (Å²) in [5.74, 6) is -1.01. The smallest absolute Gasteiger partial charge is 0.264 e. The topological polar surface area (TPSA) is 95.6 Å². The lowest BCUT2D eigenvalue weighted by Crippen LogP contribution is -2.38. The lowest BCUT2D eigenvalue weighted by molar-refractivity contribution is -0.114. The molecule has 0 unspecified atom stereocenters. The van der Waals surface area contributed by atoms with Gasteiger partial charge in [0.05, 0.1) is 21.8 Å². The molecule has 0 aliphatic rings. The first kappa shape index (κ1) is 24.0. The number of hydrogen-bond acceptors (Lipinski definition) is 4. The number of amides is 2. The van der Waals surface area contributed by atoms with Crippen molar-refractivity contribution < 1.29 is 18.0 Å². The van der Waals surface area contributed by atoms with Crippen molar-refractivity contribution in [1.82, 2.24) is 5.32 Å². The van der Waals surface area contributed by atoms with Crippen LogP contribution in [-0.4, -0.2) is 33.3 Å². The van der Waals surface area contributed by atoms with Crippen LogP contribution in [-0.2, 0) is 14.8 Å². The normalized spacial score (nSPS) is 10.8. The lowest BCUT2D eigenvalue weighted by Gasteiger charge is -2.24. The van der Waals surface area contributed by atoms with Gasteiger partial charge in [0.2, 0.25) is 5.91 Å². The largest absolute Gasteiger partial charge is 0.349 e. The van der Waals surface area contributed by atoms with Crippen molar-refractivity contribution >= 4 is 44.8 Å². The van der Waals surface area contributed by atoms with Crippen LogP contribution < -0.4 is 14.9 Å². The maximum absolute atomic E-state index is 13.3. The Morgan fingerprint density at radius 1 is 0.939 bits per heavy atom. The highest BCUT2D eigenvalue weighted by Gasteiger charge is 2.27. The van der Waals surface area contributed by atoms with E-state index in [1.807, 2.05) is 0 Å². The van der Waals surface area contributed by atoms with E-state index in [4.69, 9.17) is 11.6 Å². The second-order valence-electron chi connectivity index (χ2n) is 6.89. The molecule has 0 aliphatic heterocycles. The molecular weight excluding hydrogens is 462 g/mol. The summed E-state index contributed by atoms with van der Waals surface area (Å²) in [4.78, 5) is 25.4. The van der Waals surface area contributed by atoms with Gasteiger partial charge in [0.15, 0.2) is 0 Å². The molecule has 170 valence electrons. The maximum atomic E-state index is 13.3. The third-order valence-corrected chi connectivity index (χ3v) is 6.63. The summed E-state index contributed by atoms with van der Waals surface area (Å²) < 4.78 is 27.7. The molecule has 33 heavy (non-hydrogen) atoms. The molecule has 0 atom stereocenters. The standard InChI is InChI=1S/C24H22ClN3O4S/c1-2-16-26-24(30)21-10-6-7-11-22(21)27-23(29)17-28(19-14-12-18(25)13-15-19)33(31,32)20-8-4-3-5-9-20/h2-15H,1,16-17H2,(H,26,30)(H,27,29). The van der Waals surface area contributed by atoms with Crippen LogP contribution in [0.25, 0.3) is 0 Å². The monoisotopic (exact) mass is 483 g/mol. The van der Waals surface area contributed by atoms with Gasteiger partial charge >= 0.3 is 0 Å². The fraction of sp³-hybridized carbons (Fsp3) is 0.0833. The highest BCUT2D eigenvalue weighted by atomic mass is 35.5. The second-order valence-corrected chi connectivity index (χ2v) is 9.19. The molecule has 0 fully saturated rings. The number of hydrogen-bond donors (Lipinski definition) is 2. The molecule has 0 bridgehead atoms. The predicted molar refractivity (Wildman–Crippen MR) is 130 cm³/mol. The first-order chi connectivity index (χ1) is 15.8. The molecule has 7 nitrogen and oxygen atoms in total. The molecule has 3 aromatic rings. The fourth-order valence-electron chi connectivity index (χ4n) is 3.01. The zero-order valence-electron chi connectivity index (χ0n) is 17.6. The number of nitrogens with zero attached hydrogens (tertiary/aromatic N) is 1. The third-order valence-electron chi connectivity index (χ3n) is 4.59.